The van der Waals surface area contributed by atoms with Crippen molar-refractivity contribution < 1.29 is 19.0 Å². The van der Waals surface area contributed by atoms with Gasteiger partial charge in [0.1, 0.15) is 11.4 Å². The molecule has 24 heavy (non-hydrogen) atoms. The van der Waals surface area contributed by atoms with Gasteiger partial charge in [0.2, 0.25) is 0 Å². The van der Waals surface area contributed by atoms with Crippen LogP contribution in [0.25, 0.3) is 0 Å². The first-order valence-corrected chi connectivity index (χ1v) is 7.57. The van der Waals surface area contributed by atoms with Crippen LogP contribution in [0, 0.1) is 11.8 Å². The molecule has 0 amide bonds. The normalized spacial score (nSPS) is 9.75. The lowest BCUT2D eigenvalue weighted by Crippen LogP contribution is -2.05. The fourth-order valence-corrected chi connectivity index (χ4v) is 2.01. The van der Waals surface area contributed by atoms with Gasteiger partial charge in [0, 0.05) is 19.5 Å². The third-order valence-electron chi connectivity index (χ3n) is 3.05. The van der Waals surface area contributed by atoms with Crippen molar-refractivity contribution in [1.29, 1.82) is 0 Å². The summed E-state index contributed by atoms with van der Waals surface area (Å²) in [4.78, 5) is 15.8. The molecule has 0 spiro atoms. The van der Waals surface area contributed by atoms with Crippen LogP contribution in [-0.2, 0) is 20.7 Å². The predicted molar refractivity (Wildman–Crippen MR) is 89.5 cm³/mol. The van der Waals surface area contributed by atoms with Gasteiger partial charge in [-0.2, -0.15) is 0 Å². The number of aromatic nitrogens is 1. The topological polar surface area (TPSA) is 57.7 Å². The Hall–Kier alpha value is -2.84. The van der Waals surface area contributed by atoms with Crippen LogP contribution in [0.1, 0.15) is 23.9 Å². The summed E-state index contributed by atoms with van der Waals surface area (Å²) in [5.41, 5.74) is 2.32. The van der Waals surface area contributed by atoms with Gasteiger partial charge in [-0.1, -0.05) is 30.3 Å². The number of carbonyl (C=O) groups excluding carboxylic acids is 1. The van der Waals surface area contributed by atoms with Crippen molar-refractivity contribution in [1.82, 2.24) is 4.98 Å². The Kier molecular flexibility index (Phi) is 6.81. The van der Waals surface area contributed by atoms with Crippen molar-refractivity contribution in [2.75, 3.05) is 20.5 Å². The highest BCUT2D eigenvalue weighted by atomic mass is 16.7. The van der Waals surface area contributed by atoms with E-state index in [0.29, 0.717) is 24.5 Å². The van der Waals surface area contributed by atoms with Gasteiger partial charge in [0.25, 0.3) is 0 Å². The van der Waals surface area contributed by atoms with Crippen LogP contribution in [0.2, 0.25) is 0 Å². The molecule has 0 N–H and O–H groups in total. The number of methoxy groups -OCH3 is 1. The van der Waals surface area contributed by atoms with Gasteiger partial charge in [0.15, 0.2) is 6.79 Å². The lowest BCUT2D eigenvalue weighted by Gasteiger charge is -2.10. The molecule has 0 atom stereocenters. The van der Waals surface area contributed by atoms with Gasteiger partial charge in [-0.3, -0.25) is 0 Å². The second-order valence-electron chi connectivity index (χ2n) is 4.83. The zero-order chi connectivity index (χ0) is 17.2. The van der Waals surface area contributed by atoms with Crippen LogP contribution < -0.4 is 4.74 Å². The first-order chi connectivity index (χ1) is 11.7. The van der Waals surface area contributed by atoms with Crippen molar-refractivity contribution in [3.63, 3.8) is 0 Å². The van der Waals surface area contributed by atoms with Crippen molar-refractivity contribution in [3.8, 4) is 17.6 Å². The second kappa shape index (κ2) is 9.33. The molecule has 5 heteroatoms. The summed E-state index contributed by atoms with van der Waals surface area (Å²) >= 11 is 0. The lowest BCUT2D eigenvalue weighted by molar-refractivity contribution is -0.136. The highest BCUT2D eigenvalue weighted by Crippen LogP contribution is 2.20. The maximum absolute atomic E-state index is 11.3. The van der Waals surface area contributed by atoms with Crippen LogP contribution in [0.3, 0.4) is 0 Å². The molecule has 2 aromatic rings. The average molecular weight is 325 g/mol. The minimum absolute atomic E-state index is 0.136. The molecule has 0 fully saturated rings. The Morgan fingerprint density at radius 3 is 2.67 bits per heavy atom. The fraction of sp³-hybridized carbons (Fsp3) is 0.263. The number of benzene rings is 1. The van der Waals surface area contributed by atoms with Crippen LogP contribution in [-0.4, -0.2) is 31.5 Å². The molecule has 2 rings (SSSR count). The number of ether oxygens (including phenoxy) is 3. The van der Waals surface area contributed by atoms with E-state index >= 15 is 0 Å². The van der Waals surface area contributed by atoms with Crippen LogP contribution >= 0.6 is 0 Å². The zero-order valence-electron chi connectivity index (χ0n) is 13.7. The van der Waals surface area contributed by atoms with Gasteiger partial charge in [0.05, 0.1) is 12.3 Å². The molecule has 0 saturated heterocycles. The fourth-order valence-electron chi connectivity index (χ4n) is 2.01. The Morgan fingerprint density at radius 1 is 1.17 bits per heavy atom. The van der Waals surface area contributed by atoms with E-state index in [1.807, 2.05) is 30.3 Å². The van der Waals surface area contributed by atoms with Gasteiger partial charge in [-0.15, -0.1) is 0 Å². The van der Waals surface area contributed by atoms with E-state index in [-0.39, 0.29) is 6.79 Å². The summed E-state index contributed by atoms with van der Waals surface area (Å²) in [5.74, 6) is 5.19. The molecule has 0 aliphatic carbocycles. The Labute approximate surface area is 141 Å². The van der Waals surface area contributed by atoms with E-state index in [4.69, 9.17) is 14.2 Å². The predicted octanol–water partition coefficient (Wildman–Crippen LogP) is 2.57. The molecule has 1 aromatic carbocycles. The number of hydrogen-bond acceptors (Lipinski definition) is 5. The van der Waals surface area contributed by atoms with E-state index in [2.05, 4.69) is 16.8 Å². The highest BCUT2D eigenvalue weighted by Gasteiger charge is 2.08. The Bertz CT molecular complexity index is 732. The van der Waals surface area contributed by atoms with Gasteiger partial charge in [-0.05, 0) is 30.5 Å². The maximum atomic E-state index is 11.3. The van der Waals surface area contributed by atoms with E-state index in [1.54, 1.807) is 26.2 Å². The molecule has 0 bridgehead atoms. The van der Waals surface area contributed by atoms with E-state index in [9.17, 15) is 4.79 Å². The summed E-state index contributed by atoms with van der Waals surface area (Å²) in [6, 6.07) is 13.4. The molecule has 5 nitrogen and oxygen atoms in total. The Balaban J connectivity index is 2.25. The molecule has 0 unspecified atom stereocenters. The molecule has 1 heterocycles. The number of hydrogen-bond donors (Lipinski definition) is 0. The molecule has 0 saturated carbocycles. The molecule has 0 aliphatic heterocycles. The van der Waals surface area contributed by atoms with Gasteiger partial charge >= 0.3 is 5.97 Å². The molecular weight excluding hydrogens is 306 g/mol. The number of rotatable bonds is 6. The van der Waals surface area contributed by atoms with Crippen molar-refractivity contribution in [2.45, 2.75) is 13.3 Å². The molecule has 0 radical (unpaired) electrons. The Morgan fingerprint density at radius 2 is 1.96 bits per heavy atom. The summed E-state index contributed by atoms with van der Waals surface area (Å²) < 4.78 is 15.3. The maximum Gasteiger partial charge on any atom is 0.384 e. The van der Waals surface area contributed by atoms with E-state index in [0.717, 1.165) is 11.3 Å². The van der Waals surface area contributed by atoms with Crippen molar-refractivity contribution >= 4 is 5.97 Å². The summed E-state index contributed by atoms with van der Waals surface area (Å²) in [5, 5.41) is 0. The quantitative estimate of drug-likeness (QED) is 0.464. The standard InChI is InChI=1S/C19H19NO4/c1-3-23-19(21)12-10-16-9-11-18(24-14-22-2)17(20-16)13-15-7-5-4-6-8-15/h4-9,11H,3,13-14H2,1-2H3. The zero-order valence-corrected chi connectivity index (χ0v) is 13.7. The largest absolute Gasteiger partial charge is 0.466 e. The van der Waals surface area contributed by atoms with E-state index in [1.165, 1.54) is 0 Å². The SMILES string of the molecule is CCOC(=O)C#Cc1ccc(OCOC)c(Cc2ccccc2)n1. The summed E-state index contributed by atoms with van der Waals surface area (Å²) in [7, 11) is 1.56. The minimum atomic E-state index is -0.566. The molecule has 124 valence electrons. The van der Waals surface area contributed by atoms with Gasteiger partial charge in [-0.25, -0.2) is 9.78 Å². The average Bonchev–Trinajstić information content (AvgIpc) is 2.60. The third-order valence-corrected chi connectivity index (χ3v) is 3.05. The first-order valence-electron chi connectivity index (χ1n) is 7.57. The monoisotopic (exact) mass is 325 g/mol. The molecule has 0 aliphatic rings. The molecular formula is C19H19NO4. The van der Waals surface area contributed by atoms with Crippen LogP contribution in [0.4, 0.5) is 0 Å². The summed E-state index contributed by atoms with van der Waals surface area (Å²) in [6.45, 7) is 2.17. The number of nitrogens with zero attached hydrogens (tertiary/aromatic N) is 1. The van der Waals surface area contributed by atoms with Crippen LogP contribution in [0.5, 0.6) is 5.75 Å². The second-order valence-corrected chi connectivity index (χ2v) is 4.83. The van der Waals surface area contributed by atoms with Crippen molar-refractivity contribution in [2.24, 2.45) is 0 Å². The molecule has 1 aromatic heterocycles. The lowest BCUT2D eigenvalue weighted by atomic mass is 10.1. The van der Waals surface area contributed by atoms with Crippen molar-refractivity contribution in [3.05, 3.63) is 59.4 Å². The van der Waals surface area contributed by atoms with E-state index < -0.39 is 5.97 Å². The highest BCUT2D eigenvalue weighted by molar-refractivity contribution is 5.89. The first kappa shape index (κ1) is 17.5. The number of esters is 1. The minimum Gasteiger partial charge on any atom is -0.466 e. The van der Waals surface area contributed by atoms with Crippen LogP contribution in [0.15, 0.2) is 42.5 Å². The van der Waals surface area contributed by atoms with Gasteiger partial charge < -0.3 is 14.2 Å². The smallest absolute Gasteiger partial charge is 0.384 e. The number of pyridine rings is 1. The number of carbonyl (C=O) groups is 1. The summed E-state index contributed by atoms with van der Waals surface area (Å²) in [6.07, 6.45) is 0.592. The third kappa shape index (κ3) is 5.41.